The second-order valence-electron chi connectivity index (χ2n) is 5.24. The van der Waals surface area contributed by atoms with Gasteiger partial charge < -0.3 is 15.4 Å². The maximum absolute atomic E-state index is 13.0. The molecule has 0 aromatic heterocycles. The number of hydrogen-bond donors (Lipinski definition) is 2. The molecule has 0 saturated heterocycles. The predicted molar refractivity (Wildman–Crippen MR) is 104 cm³/mol. The molecule has 23 heavy (non-hydrogen) atoms. The van der Waals surface area contributed by atoms with Crippen molar-refractivity contribution < 1.29 is 13.5 Å². The molecule has 0 spiro atoms. The van der Waals surface area contributed by atoms with Gasteiger partial charge in [0, 0.05) is 24.4 Å². The van der Waals surface area contributed by atoms with Gasteiger partial charge in [0.15, 0.2) is 17.6 Å². The largest absolute Gasteiger partial charge is 0.492 e. The molecule has 4 nitrogen and oxygen atoms in total. The quantitative estimate of drug-likeness (QED) is 0.285. The number of thioether (sulfide) groups is 1. The predicted octanol–water partition coefficient (Wildman–Crippen LogP) is 3.27. The lowest BCUT2D eigenvalue weighted by Crippen LogP contribution is -2.44. The van der Waals surface area contributed by atoms with Crippen LogP contribution in [-0.4, -0.2) is 43.7 Å². The molecule has 0 amide bonds. The normalized spacial score (nSPS) is 11.7. The zero-order valence-electron chi connectivity index (χ0n) is 13.8. The van der Waals surface area contributed by atoms with Crippen molar-refractivity contribution >= 4 is 41.7 Å². The number of aliphatic imine (C=N–C) groups is 1. The molecule has 0 saturated carbocycles. The lowest BCUT2D eigenvalue weighted by Gasteiger charge is -2.23. The van der Waals surface area contributed by atoms with Crippen LogP contribution in [-0.2, 0) is 0 Å². The van der Waals surface area contributed by atoms with E-state index >= 15 is 0 Å². The Morgan fingerprint density at radius 1 is 1.26 bits per heavy atom. The van der Waals surface area contributed by atoms with Crippen molar-refractivity contribution in [1.29, 1.82) is 0 Å². The summed E-state index contributed by atoms with van der Waals surface area (Å²) in [5, 5.41) is 6.33. The number of nitrogens with one attached hydrogen (secondary N) is 2. The third-order valence-corrected chi connectivity index (χ3v) is 4.26. The van der Waals surface area contributed by atoms with Crippen molar-refractivity contribution in [3.8, 4) is 5.75 Å². The maximum atomic E-state index is 13.0. The van der Waals surface area contributed by atoms with E-state index in [2.05, 4.69) is 35.7 Å². The SMILES string of the molecule is CN=C(NCCOc1ccc(F)c(F)c1)NCC(C)(C)SC.I. The van der Waals surface area contributed by atoms with E-state index in [1.54, 1.807) is 18.8 Å². The highest BCUT2D eigenvalue weighted by atomic mass is 127. The molecule has 0 aliphatic heterocycles. The van der Waals surface area contributed by atoms with Crippen molar-refractivity contribution in [2.24, 2.45) is 4.99 Å². The summed E-state index contributed by atoms with van der Waals surface area (Å²) < 4.78 is 31.3. The zero-order valence-corrected chi connectivity index (χ0v) is 16.9. The van der Waals surface area contributed by atoms with E-state index in [9.17, 15) is 8.78 Å². The van der Waals surface area contributed by atoms with Gasteiger partial charge in [0.25, 0.3) is 0 Å². The van der Waals surface area contributed by atoms with Crippen molar-refractivity contribution in [1.82, 2.24) is 10.6 Å². The number of nitrogens with zero attached hydrogens (tertiary/aromatic N) is 1. The fourth-order valence-electron chi connectivity index (χ4n) is 1.49. The van der Waals surface area contributed by atoms with Crippen LogP contribution in [0.25, 0.3) is 0 Å². The Hall–Kier alpha value is -0.770. The number of hydrogen-bond acceptors (Lipinski definition) is 3. The summed E-state index contributed by atoms with van der Waals surface area (Å²) in [4.78, 5) is 4.12. The Morgan fingerprint density at radius 3 is 2.52 bits per heavy atom. The molecular weight excluding hydrogens is 435 g/mol. The molecule has 0 atom stereocenters. The Balaban J connectivity index is 0.00000484. The zero-order chi connectivity index (χ0) is 16.6. The number of halogens is 3. The van der Waals surface area contributed by atoms with E-state index in [1.807, 2.05) is 0 Å². The highest BCUT2D eigenvalue weighted by Gasteiger charge is 2.15. The molecule has 0 aliphatic rings. The highest BCUT2D eigenvalue weighted by molar-refractivity contribution is 14.0. The summed E-state index contributed by atoms with van der Waals surface area (Å²) in [7, 11) is 1.69. The monoisotopic (exact) mass is 459 g/mol. The summed E-state index contributed by atoms with van der Waals surface area (Å²) in [6.07, 6.45) is 2.06. The van der Waals surface area contributed by atoms with Crippen LogP contribution < -0.4 is 15.4 Å². The van der Waals surface area contributed by atoms with E-state index in [-0.39, 0.29) is 28.7 Å². The molecule has 0 aliphatic carbocycles. The van der Waals surface area contributed by atoms with Crippen molar-refractivity contribution in [2.75, 3.05) is 33.0 Å². The summed E-state index contributed by atoms with van der Waals surface area (Å²) >= 11 is 1.77. The van der Waals surface area contributed by atoms with E-state index in [0.717, 1.165) is 18.7 Å². The average Bonchev–Trinajstić information content (AvgIpc) is 2.50. The average molecular weight is 459 g/mol. The van der Waals surface area contributed by atoms with Gasteiger partial charge in [-0.25, -0.2) is 8.78 Å². The minimum absolute atomic E-state index is 0. The first-order valence-corrected chi connectivity index (χ1v) is 8.18. The lowest BCUT2D eigenvalue weighted by molar-refractivity contribution is 0.318. The number of ether oxygens (including phenoxy) is 1. The Bertz CT molecular complexity index is 515. The van der Waals surface area contributed by atoms with Gasteiger partial charge in [0.05, 0.1) is 6.54 Å². The van der Waals surface area contributed by atoms with Crippen LogP contribution in [0.15, 0.2) is 23.2 Å². The lowest BCUT2D eigenvalue weighted by atomic mass is 10.2. The smallest absolute Gasteiger partial charge is 0.191 e. The van der Waals surface area contributed by atoms with Crippen molar-refractivity contribution in [3.05, 3.63) is 29.8 Å². The van der Waals surface area contributed by atoms with Crippen molar-refractivity contribution in [3.63, 3.8) is 0 Å². The standard InChI is InChI=1S/C15H23F2N3OS.HI/c1-15(2,22-4)10-20-14(18-3)19-7-8-21-11-5-6-12(16)13(17)9-11;/h5-6,9H,7-8,10H2,1-4H3,(H2,18,19,20);1H. The Kier molecular flexibility index (Phi) is 10.5. The second-order valence-corrected chi connectivity index (χ2v) is 6.75. The minimum atomic E-state index is -0.915. The van der Waals surface area contributed by atoms with Crippen LogP contribution in [0.4, 0.5) is 8.78 Å². The summed E-state index contributed by atoms with van der Waals surface area (Å²) in [6, 6.07) is 3.47. The molecular formula is C15H24F2IN3OS. The number of benzene rings is 1. The third kappa shape index (κ3) is 8.59. The van der Waals surface area contributed by atoms with E-state index in [4.69, 9.17) is 4.74 Å². The van der Waals surface area contributed by atoms with E-state index in [0.29, 0.717) is 24.9 Å². The first kappa shape index (κ1) is 22.2. The summed E-state index contributed by atoms with van der Waals surface area (Å²) in [5.41, 5.74) is 0. The molecule has 0 heterocycles. The number of rotatable bonds is 7. The first-order valence-electron chi connectivity index (χ1n) is 6.95. The summed E-state index contributed by atoms with van der Waals surface area (Å²) in [6.45, 7) is 5.88. The summed E-state index contributed by atoms with van der Waals surface area (Å²) in [5.74, 6) is -0.822. The molecule has 2 N–H and O–H groups in total. The van der Waals surface area contributed by atoms with E-state index < -0.39 is 11.6 Å². The van der Waals surface area contributed by atoms with Crippen LogP contribution in [0.1, 0.15) is 13.8 Å². The molecule has 1 aromatic rings. The first-order chi connectivity index (χ1) is 10.4. The second kappa shape index (κ2) is 10.9. The number of guanidine groups is 1. The highest BCUT2D eigenvalue weighted by Crippen LogP contribution is 2.19. The van der Waals surface area contributed by atoms with Crippen LogP contribution in [0.2, 0.25) is 0 Å². The minimum Gasteiger partial charge on any atom is -0.492 e. The van der Waals surface area contributed by atoms with Gasteiger partial charge in [-0.15, -0.1) is 24.0 Å². The Morgan fingerprint density at radius 2 is 1.96 bits per heavy atom. The van der Waals surface area contributed by atoms with Crippen molar-refractivity contribution in [2.45, 2.75) is 18.6 Å². The van der Waals surface area contributed by atoms with Gasteiger partial charge in [-0.1, -0.05) is 0 Å². The van der Waals surface area contributed by atoms with Gasteiger partial charge in [-0.2, -0.15) is 11.8 Å². The van der Waals surface area contributed by atoms with Crippen LogP contribution in [0, 0.1) is 11.6 Å². The topological polar surface area (TPSA) is 45.7 Å². The fraction of sp³-hybridized carbons (Fsp3) is 0.533. The Labute approximate surface area is 157 Å². The van der Waals surface area contributed by atoms with Gasteiger partial charge in [-0.05, 0) is 32.2 Å². The molecule has 132 valence electrons. The molecule has 0 fully saturated rings. The van der Waals surface area contributed by atoms with Gasteiger partial charge >= 0.3 is 0 Å². The maximum Gasteiger partial charge on any atom is 0.191 e. The molecule has 0 unspecified atom stereocenters. The van der Waals surface area contributed by atoms with Gasteiger partial charge in [0.1, 0.15) is 12.4 Å². The third-order valence-electron chi connectivity index (χ3n) is 3.01. The van der Waals surface area contributed by atoms with Gasteiger partial charge in [-0.3, -0.25) is 4.99 Å². The van der Waals surface area contributed by atoms with Crippen LogP contribution in [0.3, 0.4) is 0 Å². The fourth-order valence-corrected chi connectivity index (χ4v) is 1.71. The van der Waals surface area contributed by atoms with E-state index in [1.165, 1.54) is 6.07 Å². The molecule has 1 rings (SSSR count). The van der Waals surface area contributed by atoms with Crippen LogP contribution in [0.5, 0.6) is 5.75 Å². The van der Waals surface area contributed by atoms with Crippen LogP contribution >= 0.6 is 35.7 Å². The molecule has 0 bridgehead atoms. The molecule has 1 aromatic carbocycles. The van der Waals surface area contributed by atoms with Gasteiger partial charge in [0.2, 0.25) is 0 Å². The molecule has 0 radical (unpaired) electrons. The molecule has 8 heteroatoms.